The average molecular weight is 253 g/mol. The standard InChI is InChI=1S/C12H19N3O3/c1-2-12(6-16,7-17)15-10-5-8(11(14)18)3-4-9(10)13/h3-5,15-17H,2,6-7,13H2,1H3,(H2,14,18). The zero-order valence-electron chi connectivity index (χ0n) is 10.3. The number of aliphatic hydroxyl groups excluding tert-OH is 2. The number of nitrogen functional groups attached to an aromatic ring is 1. The summed E-state index contributed by atoms with van der Waals surface area (Å²) in [6, 6.07) is 4.58. The van der Waals surface area contributed by atoms with E-state index >= 15 is 0 Å². The van der Waals surface area contributed by atoms with Crippen LogP contribution in [0.5, 0.6) is 0 Å². The number of carbonyl (C=O) groups excluding carboxylic acids is 1. The molecule has 0 aliphatic rings. The fraction of sp³-hybridized carbons (Fsp3) is 0.417. The van der Waals surface area contributed by atoms with E-state index in [1.54, 1.807) is 6.07 Å². The van der Waals surface area contributed by atoms with Crippen LogP contribution in [-0.4, -0.2) is 34.9 Å². The number of primary amides is 1. The first-order valence-corrected chi connectivity index (χ1v) is 5.67. The van der Waals surface area contributed by atoms with Gasteiger partial charge in [0, 0.05) is 5.56 Å². The number of benzene rings is 1. The first kappa shape index (κ1) is 14.3. The molecule has 0 spiro atoms. The third-order valence-electron chi connectivity index (χ3n) is 3.02. The van der Waals surface area contributed by atoms with E-state index in [-0.39, 0.29) is 13.2 Å². The number of hydrogen-bond acceptors (Lipinski definition) is 5. The molecule has 1 aromatic rings. The second-order valence-corrected chi connectivity index (χ2v) is 4.24. The van der Waals surface area contributed by atoms with Gasteiger partial charge in [0.2, 0.25) is 5.91 Å². The van der Waals surface area contributed by atoms with E-state index in [2.05, 4.69) is 5.32 Å². The number of aliphatic hydroxyl groups is 2. The predicted octanol–water partition coefficient (Wildman–Crippen LogP) is -0.0870. The number of anilines is 2. The highest BCUT2D eigenvalue weighted by atomic mass is 16.3. The highest BCUT2D eigenvalue weighted by Gasteiger charge is 2.27. The lowest BCUT2D eigenvalue weighted by atomic mass is 9.97. The summed E-state index contributed by atoms with van der Waals surface area (Å²) in [7, 11) is 0. The Labute approximate surface area is 106 Å². The molecule has 0 fully saturated rings. The molecule has 6 nitrogen and oxygen atoms in total. The summed E-state index contributed by atoms with van der Waals surface area (Å²) < 4.78 is 0. The largest absolute Gasteiger partial charge is 0.397 e. The molecule has 0 heterocycles. The molecular formula is C12H19N3O3. The van der Waals surface area contributed by atoms with Gasteiger partial charge in [-0.3, -0.25) is 4.79 Å². The normalized spacial score (nSPS) is 11.3. The maximum absolute atomic E-state index is 11.1. The monoisotopic (exact) mass is 253 g/mol. The minimum atomic E-state index is -0.871. The van der Waals surface area contributed by atoms with E-state index in [0.717, 1.165) is 0 Å². The first-order chi connectivity index (χ1) is 8.48. The summed E-state index contributed by atoms with van der Waals surface area (Å²) in [5.41, 5.74) is 11.3. The van der Waals surface area contributed by atoms with Gasteiger partial charge in [-0.05, 0) is 24.6 Å². The van der Waals surface area contributed by atoms with Gasteiger partial charge in [-0.1, -0.05) is 6.92 Å². The summed E-state index contributed by atoms with van der Waals surface area (Å²) in [5, 5.41) is 21.7. The number of amides is 1. The number of hydrogen-bond donors (Lipinski definition) is 5. The van der Waals surface area contributed by atoms with Crippen LogP contribution < -0.4 is 16.8 Å². The molecule has 1 aromatic carbocycles. The van der Waals surface area contributed by atoms with Gasteiger partial charge in [0.05, 0.1) is 30.1 Å². The molecule has 1 amide bonds. The Kier molecular flexibility index (Phi) is 4.52. The van der Waals surface area contributed by atoms with Gasteiger partial charge in [0.15, 0.2) is 0 Å². The molecular weight excluding hydrogens is 234 g/mol. The SMILES string of the molecule is CCC(CO)(CO)Nc1cc(C(N)=O)ccc1N. The van der Waals surface area contributed by atoms with Crippen molar-refractivity contribution < 1.29 is 15.0 Å². The van der Waals surface area contributed by atoms with Crippen molar-refractivity contribution in [2.75, 3.05) is 24.3 Å². The van der Waals surface area contributed by atoms with Crippen LogP contribution in [0, 0.1) is 0 Å². The summed E-state index contributed by atoms with van der Waals surface area (Å²) in [6.07, 6.45) is 0.500. The van der Waals surface area contributed by atoms with Crippen molar-refractivity contribution in [2.24, 2.45) is 5.73 Å². The van der Waals surface area contributed by atoms with Gasteiger partial charge in [-0.15, -0.1) is 0 Å². The summed E-state index contributed by atoms with van der Waals surface area (Å²) in [5.74, 6) is -0.562. The Bertz CT molecular complexity index is 422. The maximum atomic E-state index is 11.1. The van der Waals surface area contributed by atoms with Crippen molar-refractivity contribution in [3.05, 3.63) is 23.8 Å². The lowest BCUT2D eigenvalue weighted by Gasteiger charge is -2.31. The molecule has 0 atom stereocenters. The van der Waals surface area contributed by atoms with E-state index in [0.29, 0.717) is 23.4 Å². The first-order valence-electron chi connectivity index (χ1n) is 5.67. The molecule has 0 saturated carbocycles. The lowest BCUT2D eigenvalue weighted by molar-refractivity contribution is 0.100. The van der Waals surface area contributed by atoms with Gasteiger partial charge < -0.3 is 27.0 Å². The molecule has 0 unspecified atom stereocenters. The van der Waals surface area contributed by atoms with Crippen LogP contribution >= 0.6 is 0 Å². The topological polar surface area (TPSA) is 122 Å². The number of carbonyl (C=O) groups is 1. The molecule has 1 rings (SSSR count). The fourth-order valence-corrected chi connectivity index (χ4v) is 1.54. The minimum Gasteiger partial charge on any atom is -0.397 e. The van der Waals surface area contributed by atoms with Gasteiger partial charge in [-0.2, -0.15) is 0 Å². The average Bonchev–Trinajstić information content (AvgIpc) is 2.38. The molecule has 0 bridgehead atoms. The van der Waals surface area contributed by atoms with E-state index < -0.39 is 11.4 Å². The van der Waals surface area contributed by atoms with Crippen LogP contribution in [0.4, 0.5) is 11.4 Å². The van der Waals surface area contributed by atoms with Crippen LogP contribution in [0.25, 0.3) is 0 Å². The quantitative estimate of drug-likeness (QED) is 0.454. The van der Waals surface area contributed by atoms with Gasteiger partial charge in [0.1, 0.15) is 0 Å². The molecule has 0 saturated heterocycles. The summed E-state index contributed by atoms with van der Waals surface area (Å²) in [4.78, 5) is 11.1. The number of nitrogens with one attached hydrogen (secondary N) is 1. The van der Waals surface area contributed by atoms with Crippen LogP contribution in [0.2, 0.25) is 0 Å². The van der Waals surface area contributed by atoms with E-state index in [1.165, 1.54) is 12.1 Å². The molecule has 18 heavy (non-hydrogen) atoms. The van der Waals surface area contributed by atoms with E-state index in [4.69, 9.17) is 11.5 Å². The Hall–Kier alpha value is -1.79. The Morgan fingerprint density at radius 3 is 2.44 bits per heavy atom. The summed E-state index contributed by atoms with van der Waals surface area (Å²) in [6.45, 7) is 1.33. The highest BCUT2D eigenvalue weighted by molar-refractivity contribution is 5.95. The molecule has 0 aliphatic heterocycles. The zero-order valence-corrected chi connectivity index (χ0v) is 10.3. The van der Waals surface area contributed by atoms with Crippen molar-refractivity contribution in [1.82, 2.24) is 0 Å². The number of nitrogens with two attached hydrogens (primary N) is 2. The van der Waals surface area contributed by atoms with E-state index in [1.807, 2.05) is 6.92 Å². The lowest BCUT2D eigenvalue weighted by Crippen LogP contribution is -2.45. The maximum Gasteiger partial charge on any atom is 0.248 e. The third kappa shape index (κ3) is 2.91. The molecule has 7 N–H and O–H groups in total. The Morgan fingerprint density at radius 2 is 2.00 bits per heavy atom. The van der Waals surface area contributed by atoms with Crippen molar-refractivity contribution in [2.45, 2.75) is 18.9 Å². The van der Waals surface area contributed by atoms with Gasteiger partial charge in [0.25, 0.3) is 0 Å². The third-order valence-corrected chi connectivity index (χ3v) is 3.02. The highest BCUT2D eigenvalue weighted by Crippen LogP contribution is 2.25. The van der Waals surface area contributed by atoms with Crippen molar-refractivity contribution >= 4 is 17.3 Å². The van der Waals surface area contributed by atoms with Crippen molar-refractivity contribution in [3.63, 3.8) is 0 Å². The Balaban J connectivity index is 3.09. The predicted molar refractivity (Wildman–Crippen MR) is 70.2 cm³/mol. The van der Waals surface area contributed by atoms with Crippen LogP contribution in [0.15, 0.2) is 18.2 Å². The molecule has 6 heteroatoms. The van der Waals surface area contributed by atoms with Gasteiger partial charge >= 0.3 is 0 Å². The second-order valence-electron chi connectivity index (χ2n) is 4.24. The minimum absolute atomic E-state index is 0.250. The van der Waals surface area contributed by atoms with Crippen molar-refractivity contribution in [3.8, 4) is 0 Å². The second kappa shape index (κ2) is 5.70. The molecule has 100 valence electrons. The summed E-state index contributed by atoms with van der Waals surface area (Å²) >= 11 is 0. The fourth-order valence-electron chi connectivity index (χ4n) is 1.54. The zero-order chi connectivity index (χ0) is 13.8. The van der Waals surface area contributed by atoms with Crippen molar-refractivity contribution in [1.29, 1.82) is 0 Å². The van der Waals surface area contributed by atoms with Crippen LogP contribution in [0.3, 0.4) is 0 Å². The molecule has 0 aromatic heterocycles. The van der Waals surface area contributed by atoms with E-state index in [9.17, 15) is 15.0 Å². The Morgan fingerprint density at radius 1 is 1.39 bits per heavy atom. The van der Waals surface area contributed by atoms with Crippen LogP contribution in [-0.2, 0) is 0 Å². The smallest absolute Gasteiger partial charge is 0.248 e. The van der Waals surface area contributed by atoms with Crippen LogP contribution in [0.1, 0.15) is 23.7 Å². The molecule has 0 aliphatic carbocycles. The number of rotatable bonds is 6. The molecule has 0 radical (unpaired) electrons. The van der Waals surface area contributed by atoms with Gasteiger partial charge in [-0.25, -0.2) is 0 Å².